The van der Waals surface area contributed by atoms with Gasteiger partial charge in [0.05, 0.1) is 22.2 Å². The maximum Gasteiger partial charge on any atom is 0.257 e. The van der Waals surface area contributed by atoms with E-state index in [0.717, 1.165) is 62.3 Å². The number of benzene rings is 1. The van der Waals surface area contributed by atoms with Gasteiger partial charge in [-0.2, -0.15) is 0 Å². The average molecular weight is 599 g/mol. The second kappa shape index (κ2) is 11.2. The third-order valence-electron chi connectivity index (χ3n) is 10.2. The van der Waals surface area contributed by atoms with Crippen LogP contribution in [0.15, 0.2) is 30.6 Å². The van der Waals surface area contributed by atoms with Crippen LogP contribution in [0, 0.1) is 25.6 Å². The molecule has 9 nitrogen and oxygen atoms in total. The van der Waals surface area contributed by atoms with Crippen LogP contribution >= 0.6 is 0 Å². The van der Waals surface area contributed by atoms with Crippen LogP contribution < -0.4 is 0 Å². The molecule has 11 heteroatoms. The molecule has 1 amide bonds. The van der Waals surface area contributed by atoms with Gasteiger partial charge in [-0.1, -0.05) is 12.1 Å². The summed E-state index contributed by atoms with van der Waals surface area (Å²) in [6.45, 7) is 13.2. The fourth-order valence-corrected chi connectivity index (χ4v) is 9.27. The van der Waals surface area contributed by atoms with E-state index < -0.39 is 10.0 Å². The number of halogens is 1. The minimum Gasteiger partial charge on any atom is -0.338 e. The highest BCUT2D eigenvalue weighted by Crippen LogP contribution is 2.42. The molecule has 4 aliphatic rings. The van der Waals surface area contributed by atoms with Gasteiger partial charge in [-0.3, -0.25) is 14.6 Å². The number of aromatic nitrogens is 2. The van der Waals surface area contributed by atoms with Gasteiger partial charge in [0.15, 0.2) is 0 Å². The summed E-state index contributed by atoms with van der Waals surface area (Å²) in [4.78, 5) is 28.8. The molecule has 1 aromatic heterocycles. The van der Waals surface area contributed by atoms with Crippen molar-refractivity contribution in [1.82, 2.24) is 29.0 Å². The predicted molar refractivity (Wildman–Crippen MR) is 159 cm³/mol. The normalized spacial score (nSPS) is 25.3. The van der Waals surface area contributed by atoms with Gasteiger partial charge >= 0.3 is 0 Å². The first kappa shape index (κ1) is 29.6. The van der Waals surface area contributed by atoms with Gasteiger partial charge < -0.3 is 4.90 Å². The number of carbonyl (C=O) groups excluding carboxylic acids is 1. The Morgan fingerprint density at radius 2 is 1.69 bits per heavy atom. The molecule has 0 unspecified atom stereocenters. The van der Waals surface area contributed by atoms with Gasteiger partial charge in [0.2, 0.25) is 10.0 Å². The topological polar surface area (TPSA) is 90.0 Å². The van der Waals surface area contributed by atoms with Gasteiger partial charge in [0, 0.05) is 69.4 Å². The van der Waals surface area contributed by atoms with Crippen molar-refractivity contribution in [1.29, 1.82) is 0 Å². The molecule has 0 radical (unpaired) electrons. The summed E-state index contributed by atoms with van der Waals surface area (Å²) in [5.41, 5.74) is 2.97. The lowest BCUT2D eigenvalue weighted by atomic mass is 9.84. The van der Waals surface area contributed by atoms with Gasteiger partial charge in [-0.15, -0.1) is 0 Å². The Labute approximate surface area is 249 Å². The smallest absolute Gasteiger partial charge is 0.257 e. The largest absolute Gasteiger partial charge is 0.338 e. The number of hydrogen-bond donors (Lipinski definition) is 0. The second-order valence-electron chi connectivity index (χ2n) is 13.1. The predicted octanol–water partition coefficient (Wildman–Crippen LogP) is 3.40. The van der Waals surface area contributed by atoms with Crippen LogP contribution in [-0.2, 0) is 10.0 Å². The molecule has 2 atom stereocenters. The Bertz CT molecular complexity index is 1420. The number of sulfonamides is 1. The van der Waals surface area contributed by atoms with E-state index in [-0.39, 0.29) is 40.5 Å². The third-order valence-corrected chi connectivity index (χ3v) is 12.5. The molecule has 1 aliphatic carbocycles. The highest BCUT2D eigenvalue weighted by atomic mass is 32.2. The minimum absolute atomic E-state index is 0.0158. The second-order valence-corrected chi connectivity index (χ2v) is 15.3. The zero-order chi connectivity index (χ0) is 29.8. The molecule has 228 valence electrons. The van der Waals surface area contributed by atoms with Crippen molar-refractivity contribution in [2.24, 2.45) is 5.92 Å². The van der Waals surface area contributed by atoms with Crippen LogP contribution in [0.3, 0.4) is 0 Å². The summed E-state index contributed by atoms with van der Waals surface area (Å²) in [6.07, 6.45) is 4.81. The lowest BCUT2D eigenvalue weighted by Crippen LogP contribution is -2.64. The van der Waals surface area contributed by atoms with Crippen LogP contribution in [0.1, 0.15) is 72.9 Å². The Morgan fingerprint density at radius 1 is 1.02 bits per heavy atom. The standard InChI is InChI=1S/C31H43FN6O3S/c1-21-17-36(31(4)10-12-35(13-11-31)30(39)28-22(2)33-20-34-23(28)3)14-15-38(21)29(24-6-5-7-26(32)16-24)25-18-37(19-25)42(40,41)27-8-9-27/h5-7,16,20-21,25,27,29H,8-15,17-19H2,1-4H3/t21-,29+/m0/s1. The summed E-state index contributed by atoms with van der Waals surface area (Å²) in [5.74, 6) is -0.109. The van der Waals surface area contributed by atoms with E-state index in [1.807, 2.05) is 24.8 Å². The molecule has 0 spiro atoms. The molecule has 42 heavy (non-hydrogen) atoms. The molecular weight excluding hydrogens is 555 g/mol. The molecule has 0 N–H and O–H groups in total. The number of nitrogens with zero attached hydrogens (tertiary/aromatic N) is 6. The number of carbonyl (C=O) groups is 1. The lowest BCUT2D eigenvalue weighted by molar-refractivity contribution is -0.0492. The molecule has 0 bridgehead atoms. The summed E-state index contributed by atoms with van der Waals surface area (Å²) in [7, 11) is -3.20. The van der Waals surface area contributed by atoms with E-state index in [9.17, 15) is 17.6 Å². The first-order chi connectivity index (χ1) is 20.0. The Balaban J connectivity index is 1.12. The first-order valence-corrected chi connectivity index (χ1v) is 16.8. The summed E-state index contributed by atoms with van der Waals surface area (Å²) >= 11 is 0. The van der Waals surface area contributed by atoms with Crippen molar-refractivity contribution >= 4 is 15.9 Å². The van der Waals surface area contributed by atoms with Crippen molar-refractivity contribution in [3.05, 3.63) is 58.9 Å². The Kier molecular flexibility index (Phi) is 7.91. The molecule has 1 saturated carbocycles. The highest BCUT2D eigenvalue weighted by molar-refractivity contribution is 7.90. The maximum absolute atomic E-state index is 14.4. The van der Waals surface area contributed by atoms with Crippen LogP contribution in [0.4, 0.5) is 4.39 Å². The summed E-state index contributed by atoms with van der Waals surface area (Å²) in [5, 5.41) is -0.204. The molecule has 3 saturated heterocycles. The Morgan fingerprint density at radius 3 is 2.29 bits per heavy atom. The van der Waals surface area contributed by atoms with Crippen LogP contribution in [-0.4, -0.2) is 106 Å². The highest BCUT2D eigenvalue weighted by Gasteiger charge is 2.49. The van der Waals surface area contributed by atoms with Crippen LogP contribution in [0.5, 0.6) is 0 Å². The van der Waals surface area contributed by atoms with E-state index in [0.29, 0.717) is 31.7 Å². The van der Waals surface area contributed by atoms with Gasteiger partial charge in [-0.25, -0.2) is 27.1 Å². The molecule has 1 aromatic carbocycles. The van der Waals surface area contributed by atoms with Crippen molar-refractivity contribution < 1.29 is 17.6 Å². The molecule has 4 heterocycles. The fourth-order valence-electron chi connectivity index (χ4n) is 7.32. The van der Waals surface area contributed by atoms with E-state index >= 15 is 0 Å². The molecule has 2 aromatic rings. The van der Waals surface area contributed by atoms with Crippen molar-refractivity contribution in [3.63, 3.8) is 0 Å². The number of rotatable bonds is 7. The number of piperidine rings is 1. The lowest BCUT2D eigenvalue weighted by Gasteiger charge is -2.55. The van der Waals surface area contributed by atoms with Gasteiger partial charge in [0.1, 0.15) is 12.1 Å². The average Bonchev–Trinajstić information content (AvgIpc) is 3.77. The van der Waals surface area contributed by atoms with Crippen LogP contribution in [0.25, 0.3) is 0 Å². The number of piperazine rings is 1. The van der Waals surface area contributed by atoms with Gasteiger partial charge in [-0.05, 0) is 71.1 Å². The number of likely N-dealkylation sites (tertiary alicyclic amines) is 1. The maximum atomic E-state index is 14.4. The monoisotopic (exact) mass is 598 g/mol. The van der Waals surface area contributed by atoms with E-state index in [2.05, 4.69) is 33.6 Å². The van der Waals surface area contributed by atoms with E-state index in [1.165, 1.54) is 12.4 Å². The van der Waals surface area contributed by atoms with E-state index in [1.54, 1.807) is 16.4 Å². The number of hydrogen-bond acceptors (Lipinski definition) is 7. The zero-order valence-corrected chi connectivity index (χ0v) is 26.0. The third kappa shape index (κ3) is 5.49. The fraction of sp³-hybridized carbons (Fsp3) is 0.645. The zero-order valence-electron chi connectivity index (χ0n) is 25.2. The summed E-state index contributed by atoms with van der Waals surface area (Å²) in [6, 6.07) is 7.02. The molecular formula is C31H43FN6O3S. The number of aryl methyl sites for hydroxylation is 2. The quantitative estimate of drug-likeness (QED) is 0.483. The van der Waals surface area contributed by atoms with Crippen molar-refractivity contribution in [3.8, 4) is 0 Å². The summed E-state index contributed by atoms with van der Waals surface area (Å²) < 4.78 is 41.7. The molecule has 6 rings (SSSR count). The minimum atomic E-state index is -3.20. The van der Waals surface area contributed by atoms with Gasteiger partial charge in [0.25, 0.3) is 5.91 Å². The number of amides is 1. The Hall–Kier alpha value is -2.47. The van der Waals surface area contributed by atoms with E-state index in [4.69, 9.17) is 0 Å². The van der Waals surface area contributed by atoms with Crippen molar-refractivity contribution in [2.75, 3.05) is 45.8 Å². The SMILES string of the molecule is Cc1ncnc(C)c1C(=O)N1CCC(C)(N2CCN([C@H](c3cccc(F)c3)C3CN(S(=O)(=O)C4CC4)C3)[C@@H](C)C2)CC1. The van der Waals surface area contributed by atoms with Crippen molar-refractivity contribution in [2.45, 2.75) is 76.3 Å². The first-order valence-electron chi connectivity index (χ1n) is 15.3. The molecule has 4 fully saturated rings. The molecule has 3 aliphatic heterocycles. The van der Waals surface area contributed by atoms with Crippen LogP contribution in [0.2, 0.25) is 0 Å².